The summed E-state index contributed by atoms with van der Waals surface area (Å²) < 4.78 is 10.7. The summed E-state index contributed by atoms with van der Waals surface area (Å²) in [5, 5.41) is 17.6. The van der Waals surface area contributed by atoms with Gasteiger partial charge < -0.3 is 30.1 Å². The molecule has 2 heterocycles. The molecule has 3 rings (SSSR count). The number of β-amino-alcohol motifs (C(OH)–C–C–N with tert-alkyl or cyclic N) is 1. The number of aliphatic imine (C=N–C) groups is 1. The lowest BCUT2D eigenvalue weighted by Gasteiger charge is -2.33. The fourth-order valence-corrected chi connectivity index (χ4v) is 4.16. The minimum Gasteiger partial charge on any atom is -0.497 e. The lowest BCUT2D eigenvalue weighted by atomic mass is 10.1. The van der Waals surface area contributed by atoms with Gasteiger partial charge in [-0.15, -0.1) is 24.0 Å². The average Bonchev–Trinajstić information content (AvgIpc) is 3.25. The summed E-state index contributed by atoms with van der Waals surface area (Å²) in [7, 11) is 1.70. The molecule has 0 radical (unpaired) electrons. The van der Waals surface area contributed by atoms with E-state index in [4.69, 9.17) is 9.47 Å². The van der Waals surface area contributed by atoms with Crippen molar-refractivity contribution in [1.82, 2.24) is 15.5 Å². The van der Waals surface area contributed by atoms with Gasteiger partial charge in [0.25, 0.3) is 0 Å². The molecule has 0 amide bonds. The number of benzene rings is 1. The minimum atomic E-state index is -0.865. The molecule has 2 aliphatic rings. The fourth-order valence-electron chi connectivity index (χ4n) is 4.16. The van der Waals surface area contributed by atoms with Crippen molar-refractivity contribution in [2.45, 2.75) is 25.9 Å². The van der Waals surface area contributed by atoms with Crippen molar-refractivity contribution in [3.05, 3.63) is 24.3 Å². The van der Waals surface area contributed by atoms with Gasteiger partial charge in [0.15, 0.2) is 5.96 Å². The number of methoxy groups -OCH3 is 1. The molecule has 3 N–H and O–H groups in total. The molecule has 0 spiro atoms. The average molecular weight is 562 g/mol. The molecule has 32 heavy (non-hydrogen) atoms. The van der Waals surface area contributed by atoms with Crippen LogP contribution in [0.1, 0.15) is 20.3 Å². The molecule has 182 valence electrons. The monoisotopic (exact) mass is 561 g/mol. The van der Waals surface area contributed by atoms with E-state index in [1.807, 2.05) is 19.1 Å². The summed E-state index contributed by atoms with van der Waals surface area (Å²) in [4.78, 5) is 9.32. The van der Waals surface area contributed by atoms with Gasteiger partial charge in [-0.1, -0.05) is 6.07 Å². The van der Waals surface area contributed by atoms with Gasteiger partial charge in [-0.25, -0.2) is 0 Å². The highest BCUT2D eigenvalue weighted by molar-refractivity contribution is 14.0. The molecule has 0 saturated carbocycles. The normalized spacial score (nSPS) is 21.6. The molecule has 9 heteroatoms. The van der Waals surface area contributed by atoms with E-state index in [0.717, 1.165) is 70.6 Å². The van der Waals surface area contributed by atoms with Gasteiger partial charge in [0.2, 0.25) is 0 Å². The summed E-state index contributed by atoms with van der Waals surface area (Å²) in [6.07, 6.45) is 1.14. The molecule has 2 aliphatic heterocycles. The number of ether oxygens (including phenoxy) is 2. The summed E-state index contributed by atoms with van der Waals surface area (Å²) in [5.41, 5.74) is 0.345. The van der Waals surface area contributed by atoms with Gasteiger partial charge in [0.05, 0.1) is 32.5 Å². The van der Waals surface area contributed by atoms with Gasteiger partial charge in [0.1, 0.15) is 5.75 Å². The van der Waals surface area contributed by atoms with E-state index < -0.39 is 5.60 Å². The van der Waals surface area contributed by atoms with Gasteiger partial charge in [0, 0.05) is 57.6 Å². The first-order chi connectivity index (χ1) is 15.0. The molecule has 2 atom stereocenters. The Hall–Kier alpha value is -1.30. The van der Waals surface area contributed by atoms with Crippen LogP contribution in [-0.2, 0) is 4.74 Å². The second-order valence-electron chi connectivity index (χ2n) is 8.76. The highest BCUT2D eigenvalue weighted by atomic mass is 127. The topological polar surface area (TPSA) is 81.6 Å². The van der Waals surface area contributed by atoms with Crippen LogP contribution in [0.25, 0.3) is 0 Å². The Kier molecular flexibility index (Phi) is 11.3. The maximum Gasteiger partial charge on any atom is 0.191 e. The van der Waals surface area contributed by atoms with E-state index in [0.29, 0.717) is 19.0 Å². The standard InChI is InChI=1S/C23H39N5O3.HI/c1-4-24-22(26-17-23(2,29)18-27-10-12-31-13-11-27)25-15-19-8-9-28(16-19)20-6-5-7-21(14-20)30-3;/h5-7,14,19,29H,4,8-13,15-18H2,1-3H3,(H2,24,25,26);1H. The molecule has 8 nitrogen and oxygen atoms in total. The second kappa shape index (κ2) is 13.4. The Morgan fingerprint density at radius 2 is 2.06 bits per heavy atom. The van der Waals surface area contributed by atoms with Crippen LogP contribution in [0, 0.1) is 5.92 Å². The summed E-state index contributed by atoms with van der Waals surface area (Å²) >= 11 is 0. The van der Waals surface area contributed by atoms with Crippen LogP contribution in [0.4, 0.5) is 5.69 Å². The first kappa shape index (κ1) is 26.9. The Labute approximate surface area is 209 Å². The molecule has 0 aromatic heterocycles. The van der Waals surface area contributed by atoms with Crippen LogP contribution in [0.5, 0.6) is 5.75 Å². The van der Waals surface area contributed by atoms with E-state index in [9.17, 15) is 5.11 Å². The molecule has 0 aliphatic carbocycles. The van der Waals surface area contributed by atoms with Crippen LogP contribution in [-0.4, -0.2) is 94.2 Å². The number of nitrogens with zero attached hydrogens (tertiary/aromatic N) is 3. The van der Waals surface area contributed by atoms with Crippen LogP contribution >= 0.6 is 24.0 Å². The van der Waals surface area contributed by atoms with E-state index in [2.05, 4.69) is 44.5 Å². The number of nitrogens with one attached hydrogen (secondary N) is 2. The van der Waals surface area contributed by atoms with Crippen molar-refractivity contribution in [2.75, 3.05) is 77.6 Å². The molecule has 1 aromatic rings. The maximum absolute atomic E-state index is 10.8. The molecule has 2 saturated heterocycles. The van der Waals surface area contributed by atoms with Crippen molar-refractivity contribution in [1.29, 1.82) is 0 Å². The number of halogens is 1. The van der Waals surface area contributed by atoms with E-state index in [1.165, 1.54) is 5.69 Å². The third-order valence-electron chi connectivity index (χ3n) is 5.85. The summed E-state index contributed by atoms with van der Waals surface area (Å²) in [6, 6.07) is 8.25. The van der Waals surface area contributed by atoms with Crippen molar-refractivity contribution < 1.29 is 14.6 Å². The lowest BCUT2D eigenvalue weighted by Crippen LogP contribution is -2.48. The van der Waals surface area contributed by atoms with Crippen LogP contribution in [0.15, 0.2) is 29.3 Å². The van der Waals surface area contributed by atoms with E-state index in [1.54, 1.807) is 7.11 Å². The van der Waals surface area contributed by atoms with Gasteiger partial charge in [-0.05, 0) is 38.3 Å². The third-order valence-corrected chi connectivity index (χ3v) is 5.85. The largest absolute Gasteiger partial charge is 0.497 e. The minimum absolute atomic E-state index is 0. The smallest absolute Gasteiger partial charge is 0.191 e. The van der Waals surface area contributed by atoms with Crippen LogP contribution in [0.3, 0.4) is 0 Å². The van der Waals surface area contributed by atoms with E-state index >= 15 is 0 Å². The fraction of sp³-hybridized carbons (Fsp3) is 0.696. The van der Waals surface area contributed by atoms with Crippen LogP contribution < -0.4 is 20.3 Å². The zero-order valence-corrected chi connectivity index (χ0v) is 22.0. The zero-order chi connectivity index (χ0) is 22.1. The van der Waals surface area contributed by atoms with Crippen molar-refractivity contribution in [3.8, 4) is 5.75 Å². The molecule has 2 unspecified atom stereocenters. The van der Waals surface area contributed by atoms with Crippen molar-refractivity contribution in [3.63, 3.8) is 0 Å². The lowest BCUT2D eigenvalue weighted by molar-refractivity contribution is -0.0180. The quantitative estimate of drug-likeness (QED) is 0.241. The molecular weight excluding hydrogens is 521 g/mol. The zero-order valence-electron chi connectivity index (χ0n) is 19.7. The van der Waals surface area contributed by atoms with Crippen molar-refractivity contribution in [2.24, 2.45) is 10.9 Å². The number of guanidine groups is 1. The van der Waals surface area contributed by atoms with Crippen LogP contribution in [0.2, 0.25) is 0 Å². The SMILES string of the molecule is CCNC(=NCC(C)(O)CN1CCOCC1)NCC1CCN(c2cccc(OC)c2)C1.I. The second-order valence-corrected chi connectivity index (χ2v) is 8.76. The molecule has 0 bridgehead atoms. The van der Waals surface area contributed by atoms with E-state index in [-0.39, 0.29) is 24.0 Å². The first-order valence-electron chi connectivity index (χ1n) is 11.4. The number of hydrogen-bond donors (Lipinski definition) is 3. The highest BCUT2D eigenvalue weighted by Gasteiger charge is 2.26. The van der Waals surface area contributed by atoms with Gasteiger partial charge >= 0.3 is 0 Å². The van der Waals surface area contributed by atoms with Gasteiger partial charge in [-0.3, -0.25) is 9.89 Å². The predicted octanol–water partition coefficient (Wildman–Crippen LogP) is 1.78. The maximum atomic E-state index is 10.8. The Bertz CT molecular complexity index is 713. The van der Waals surface area contributed by atoms with Crippen molar-refractivity contribution >= 4 is 35.6 Å². The Morgan fingerprint density at radius 3 is 2.78 bits per heavy atom. The third kappa shape index (κ3) is 8.57. The number of hydrogen-bond acceptors (Lipinski definition) is 6. The Balaban J connectivity index is 0.00000363. The molecule has 2 fully saturated rings. The predicted molar refractivity (Wildman–Crippen MR) is 141 cm³/mol. The number of rotatable bonds is 9. The first-order valence-corrected chi connectivity index (χ1v) is 11.4. The number of morpholine rings is 1. The summed E-state index contributed by atoms with van der Waals surface area (Å²) in [6.45, 7) is 11.8. The molecule has 1 aromatic carbocycles. The number of aliphatic hydroxyl groups is 1. The Morgan fingerprint density at radius 1 is 1.28 bits per heavy atom. The molecular formula is C23H40IN5O3. The van der Waals surface area contributed by atoms with Gasteiger partial charge in [-0.2, -0.15) is 0 Å². The number of anilines is 1. The summed E-state index contributed by atoms with van der Waals surface area (Å²) in [5.74, 6) is 2.21. The highest BCUT2D eigenvalue weighted by Crippen LogP contribution is 2.26.